The molecule has 100 valence electrons. The summed E-state index contributed by atoms with van der Waals surface area (Å²) in [4.78, 5) is 11.2. The molecule has 1 aromatic rings. The van der Waals surface area contributed by atoms with Gasteiger partial charge in [-0.15, -0.1) is 0 Å². The number of amides is 1. The van der Waals surface area contributed by atoms with Crippen LogP contribution in [0.15, 0.2) is 18.2 Å². The Kier molecular flexibility index (Phi) is 4.59. The van der Waals surface area contributed by atoms with Crippen molar-refractivity contribution >= 4 is 26.0 Å². The number of ether oxygens (including phenoxy) is 1. The monoisotopic (exact) mass is 291 g/mol. The van der Waals surface area contributed by atoms with Gasteiger partial charge in [-0.1, -0.05) is 19.9 Å². The number of aryl methyl sites for hydroxylation is 1. The molecule has 0 bridgehead atoms. The zero-order valence-electron chi connectivity index (χ0n) is 10.2. The Morgan fingerprint density at radius 2 is 2.00 bits per heavy atom. The van der Waals surface area contributed by atoms with Gasteiger partial charge < -0.3 is 4.74 Å². The lowest BCUT2D eigenvalue weighted by Gasteiger charge is -2.11. The van der Waals surface area contributed by atoms with Crippen LogP contribution in [0.25, 0.3) is 0 Å². The summed E-state index contributed by atoms with van der Waals surface area (Å²) in [6.07, 6.45) is -1.14. The first-order valence-electron chi connectivity index (χ1n) is 5.24. The summed E-state index contributed by atoms with van der Waals surface area (Å²) in [6.45, 7) is 5.99. The molecule has 0 aromatic heterocycles. The normalized spacial score (nSPS) is 11.4. The summed E-state index contributed by atoms with van der Waals surface area (Å²) in [7, 11) is 0.725. The third-order valence-corrected chi connectivity index (χ3v) is 2.92. The number of carbonyl (C=O) groups excluding carboxylic acids is 1. The Hall–Kier alpha value is -1.27. The number of hydrogen-bond donors (Lipinski definition) is 1. The summed E-state index contributed by atoms with van der Waals surface area (Å²) >= 11 is 0. The summed E-state index contributed by atoms with van der Waals surface area (Å²) in [5.74, 6) is 0.616. The lowest BCUT2D eigenvalue weighted by Crippen LogP contribution is -2.29. The van der Waals surface area contributed by atoms with E-state index in [0.29, 0.717) is 5.92 Å². The number of benzene rings is 1. The Bertz CT molecular complexity index is 554. The third kappa shape index (κ3) is 4.54. The van der Waals surface area contributed by atoms with Crippen LogP contribution in [0.1, 0.15) is 30.9 Å². The van der Waals surface area contributed by atoms with E-state index >= 15 is 0 Å². The fourth-order valence-electron chi connectivity index (χ4n) is 1.59. The molecule has 1 amide bonds. The van der Waals surface area contributed by atoms with Gasteiger partial charge in [-0.3, -0.25) is 0 Å². The van der Waals surface area contributed by atoms with E-state index in [1.165, 1.54) is 4.72 Å². The maximum absolute atomic E-state index is 11.2. The molecule has 0 unspecified atom stereocenters. The molecule has 0 atom stereocenters. The molecule has 0 fully saturated rings. The Morgan fingerprint density at radius 1 is 1.39 bits per heavy atom. The Balaban J connectivity index is 2.81. The molecule has 0 spiro atoms. The Labute approximate surface area is 111 Å². The molecule has 1 rings (SSSR count). The minimum Gasteiger partial charge on any atom is -0.410 e. The van der Waals surface area contributed by atoms with E-state index in [1.807, 2.05) is 13.0 Å². The minimum atomic E-state index is -4.13. The van der Waals surface area contributed by atoms with Crippen LogP contribution in [0.2, 0.25) is 0 Å². The first-order chi connectivity index (χ1) is 8.19. The molecule has 0 saturated heterocycles. The van der Waals surface area contributed by atoms with Crippen LogP contribution in [0, 0.1) is 6.92 Å². The standard InChI is InChI=1S/C11H14ClNO4S/c1-7(2)10-5-4-9(6-8(10)3)17-11(14)13-18(12,15)16/h4-7H,1-3H3,(H,13,14). The van der Waals surface area contributed by atoms with Gasteiger partial charge in [-0.05, 0) is 36.1 Å². The number of carbonyl (C=O) groups is 1. The van der Waals surface area contributed by atoms with Crippen LogP contribution < -0.4 is 9.46 Å². The molecule has 0 saturated carbocycles. The fraction of sp³-hybridized carbons (Fsp3) is 0.364. The second-order valence-electron chi connectivity index (χ2n) is 4.10. The van der Waals surface area contributed by atoms with Gasteiger partial charge in [0.25, 0.3) is 0 Å². The van der Waals surface area contributed by atoms with Gasteiger partial charge in [-0.25, -0.2) is 9.52 Å². The van der Waals surface area contributed by atoms with Gasteiger partial charge in [0.15, 0.2) is 0 Å². The number of hydrogen-bond acceptors (Lipinski definition) is 4. The first-order valence-corrected chi connectivity index (χ1v) is 7.54. The van der Waals surface area contributed by atoms with Crippen LogP contribution in [-0.4, -0.2) is 14.5 Å². The van der Waals surface area contributed by atoms with E-state index in [9.17, 15) is 13.2 Å². The van der Waals surface area contributed by atoms with E-state index in [-0.39, 0.29) is 5.75 Å². The third-order valence-electron chi connectivity index (χ3n) is 2.28. The van der Waals surface area contributed by atoms with Crippen LogP contribution in [-0.2, 0) is 9.24 Å². The molecule has 1 aromatic carbocycles. The maximum atomic E-state index is 11.2. The molecule has 18 heavy (non-hydrogen) atoms. The predicted octanol–water partition coefficient (Wildman–Crippen LogP) is 2.69. The summed E-state index contributed by atoms with van der Waals surface area (Å²) in [6, 6.07) is 5.09. The molecule has 1 N–H and O–H groups in total. The van der Waals surface area contributed by atoms with Crippen molar-refractivity contribution in [2.45, 2.75) is 26.7 Å². The van der Waals surface area contributed by atoms with Gasteiger partial charge in [-0.2, -0.15) is 8.42 Å². The summed E-state index contributed by atoms with van der Waals surface area (Å²) < 4.78 is 27.5. The van der Waals surface area contributed by atoms with Crippen molar-refractivity contribution in [3.63, 3.8) is 0 Å². The smallest absolute Gasteiger partial charge is 0.410 e. The zero-order valence-corrected chi connectivity index (χ0v) is 11.8. The first kappa shape index (κ1) is 14.8. The molecule has 5 nitrogen and oxygen atoms in total. The highest BCUT2D eigenvalue weighted by Crippen LogP contribution is 2.23. The van der Waals surface area contributed by atoms with Crippen molar-refractivity contribution < 1.29 is 17.9 Å². The number of nitrogens with one attached hydrogen (secondary N) is 1. The largest absolute Gasteiger partial charge is 0.427 e. The molecule has 0 heterocycles. The van der Waals surface area contributed by atoms with Crippen LogP contribution in [0.3, 0.4) is 0 Å². The quantitative estimate of drug-likeness (QED) is 0.869. The van der Waals surface area contributed by atoms with Crippen molar-refractivity contribution in [2.24, 2.45) is 0 Å². The van der Waals surface area contributed by atoms with E-state index < -0.39 is 15.3 Å². The van der Waals surface area contributed by atoms with Crippen molar-refractivity contribution in [1.29, 1.82) is 0 Å². The molecular formula is C11H14ClNO4S. The number of rotatable bonds is 3. The van der Waals surface area contributed by atoms with Crippen LogP contribution in [0.4, 0.5) is 4.79 Å². The van der Waals surface area contributed by atoms with Crippen molar-refractivity contribution in [1.82, 2.24) is 4.72 Å². The van der Waals surface area contributed by atoms with Crippen molar-refractivity contribution in [3.05, 3.63) is 29.3 Å². The van der Waals surface area contributed by atoms with Gasteiger partial charge in [0.05, 0.1) is 0 Å². The molecular weight excluding hydrogens is 278 g/mol. The lowest BCUT2D eigenvalue weighted by atomic mass is 9.98. The molecule has 7 heteroatoms. The second-order valence-corrected chi connectivity index (χ2v) is 6.40. The second kappa shape index (κ2) is 5.58. The zero-order chi connectivity index (χ0) is 13.9. The summed E-state index contributed by atoms with van der Waals surface area (Å²) in [5.41, 5.74) is 2.09. The minimum absolute atomic E-state index is 0.259. The van der Waals surface area contributed by atoms with Crippen molar-refractivity contribution in [2.75, 3.05) is 0 Å². The van der Waals surface area contributed by atoms with Gasteiger partial charge in [0.1, 0.15) is 5.75 Å². The van der Waals surface area contributed by atoms with Gasteiger partial charge in [0, 0.05) is 10.7 Å². The highest BCUT2D eigenvalue weighted by atomic mass is 35.7. The predicted molar refractivity (Wildman–Crippen MR) is 69.2 cm³/mol. The lowest BCUT2D eigenvalue weighted by molar-refractivity contribution is 0.207. The average Bonchev–Trinajstić information content (AvgIpc) is 2.13. The van der Waals surface area contributed by atoms with Gasteiger partial charge in [0.2, 0.25) is 0 Å². The van der Waals surface area contributed by atoms with E-state index in [1.54, 1.807) is 12.1 Å². The molecule has 0 aliphatic carbocycles. The van der Waals surface area contributed by atoms with E-state index in [0.717, 1.165) is 11.1 Å². The highest BCUT2D eigenvalue weighted by Gasteiger charge is 2.13. The SMILES string of the molecule is Cc1cc(OC(=O)NS(=O)(=O)Cl)ccc1C(C)C. The number of halogens is 1. The van der Waals surface area contributed by atoms with Crippen LogP contribution in [0.5, 0.6) is 5.75 Å². The van der Waals surface area contributed by atoms with Crippen molar-refractivity contribution in [3.8, 4) is 5.75 Å². The highest BCUT2D eigenvalue weighted by molar-refractivity contribution is 8.12. The van der Waals surface area contributed by atoms with Gasteiger partial charge >= 0.3 is 15.3 Å². The van der Waals surface area contributed by atoms with E-state index in [2.05, 4.69) is 13.8 Å². The van der Waals surface area contributed by atoms with Crippen LogP contribution >= 0.6 is 10.7 Å². The average molecular weight is 292 g/mol. The fourth-order valence-corrected chi connectivity index (χ4v) is 2.02. The topological polar surface area (TPSA) is 72.5 Å². The van der Waals surface area contributed by atoms with E-state index in [4.69, 9.17) is 15.4 Å². The summed E-state index contributed by atoms with van der Waals surface area (Å²) in [5, 5.41) is 0. The maximum Gasteiger partial charge on any atom is 0.427 e. The molecule has 0 aliphatic heterocycles. The molecule has 0 radical (unpaired) electrons. The Morgan fingerprint density at radius 3 is 2.44 bits per heavy atom. The molecule has 0 aliphatic rings.